The van der Waals surface area contributed by atoms with Crippen LogP contribution >= 0.6 is 0 Å². The zero-order chi connectivity index (χ0) is 21.2. The number of aromatic nitrogens is 1. The molecule has 3 aromatic rings. The fraction of sp³-hybridized carbons (Fsp3) is 0.286. The summed E-state index contributed by atoms with van der Waals surface area (Å²) in [5.74, 6) is 6.75. The third-order valence-corrected chi connectivity index (χ3v) is 5.75. The number of nitrogen functional groups attached to an aromatic ring is 1. The van der Waals surface area contributed by atoms with Crippen LogP contribution in [0.2, 0.25) is 0 Å². The molecule has 0 aliphatic carbocycles. The van der Waals surface area contributed by atoms with Crippen LogP contribution in [0.15, 0.2) is 41.4 Å². The highest BCUT2D eigenvalue weighted by Gasteiger charge is 2.14. The van der Waals surface area contributed by atoms with Crippen molar-refractivity contribution in [2.75, 3.05) is 13.0 Å². The van der Waals surface area contributed by atoms with Crippen molar-refractivity contribution in [2.24, 2.45) is 0 Å². The maximum Gasteiger partial charge on any atom is 0.216 e. The predicted molar refractivity (Wildman–Crippen MR) is 109 cm³/mol. The number of nitrogens with zero attached hydrogens (tertiary/aromatic N) is 1. The van der Waals surface area contributed by atoms with Crippen molar-refractivity contribution < 1.29 is 22.4 Å². The van der Waals surface area contributed by atoms with Gasteiger partial charge in [0.05, 0.1) is 17.4 Å². The molecule has 28 heavy (non-hydrogen) atoms. The van der Waals surface area contributed by atoms with Gasteiger partial charge in [-0.25, -0.2) is 14.3 Å². The second-order valence-electron chi connectivity index (χ2n) is 6.87. The Morgan fingerprint density at radius 2 is 1.57 bits per heavy atom. The molecule has 0 radical (unpaired) electrons. The lowest BCUT2D eigenvalue weighted by Gasteiger charge is -2.14. The molecule has 0 saturated heterocycles. The lowest BCUT2D eigenvalue weighted by molar-refractivity contribution is -0.644. The van der Waals surface area contributed by atoms with E-state index >= 15 is 0 Å². The van der Waals surface area contributed by atoms with E-state index in [9.17, 15) is 13.0 Å². The number of benzene rings is 2. The van der Waals surface area contributed by atoms with Crippen molar-refractivity contribution in [3.8, 4) is 5.75 Å². The molecule has 7 heteroatoms. The van der Waals surface area contributed by atoms with Crippen molar-refractivity contribution in [3.63, 3.8) is 0 Å². The van der Waals surface area contributed by atoms with Crippen molar-refractivity contribution in [1.29, 1.82) is 0 Å². The lowest BCUT2D eigenvalue weighted by atomic mass is 10.1. The first kappa shape index (κ1) is 21.7. The van der Waals surface area contributed by atoms with E-state index in [1.165, 1.54) is 0 Å². The molecule has 1 aromatic heterocycles. The molecule has 0 atom stereocenters. The molecule has 0 bridgehead atoms. The van der Waals surface area contributed by atoms with Gasteiger partial charge in [-0.2, -0.15) is 0 Å². The number of rotatable bonds is 2. The van der Waals surface area contributed by atoms with E-state index in [1.807, 2.05) is 39.1 Å². The summed E-state index contributed by atoms with van der Waals surface area (Å²) in [6, 6.07) is 9.39. The van der Waals surface area contributed by atoms with Crippen LogP contribution in [0.3, 0.4) is 0 Å². The molecule has 3 rings (SSSR count). The first-order valence-corrected chi connectivity index (χ1v) is 10.2. The Balaban J connectivity index is 0.000000203. The standard InChI is InChI=1S/C12H15N2O.C9H12O3S/c1-8-7-14(13)9(2)10-5-4-6-11(15-3)12(8)10;1-6-4-7(2)9(8(3)5-6)13(10,11)12/h4-7H,13H2,1-3H3;4-5H,1-3H3,(H,10,11,12)/q+1;/p-1. The van der Waals surface area contributed by atoms with Gasteiger partial charge in [-0.05, 0) is 51.0 Å². The van der Waals surface area contributed by atoms with E-state index in [0.717, 1.165) is 33.3 Å². The molecule has 0 unspecified atom stereocenters. The molecule has 2 N–H and O–H groups in total. The van der Waals surface area contributed by atoms with E-state index in [-0.39, 0.29) is 4.90 Å². The van der Waals surface area contributed by atoms with Gasteiger partial charge in [-0.3, -0.25) is 0 Å². The molecule has 150 valence electrons. The molecule has 0 aliphatic heterocycles. The number of nitrogens with two attached hydrogens (primary N) is 1. The van der Waals surface area contributed by atoms with Crippen LogP contribution in [0.4, 0.5) is 0 Å². The zero-order valence-corrected chi connectivity index (χ0v) is 17.8. The molecular weight excluding hydrogens is 376 g/mol. The maximum absolute atomic E-state index is 10.8. The number of fused-ring (bicyclic) bond motifs is 1. The topological polar surface area (TPSA) is 96.3 Å². The van der Waals surface area contributed by atoms with Gasteiger partial charge in [0.15, 0.2) is 0 Å². The Hall–Kier alpha value is -2.64. The van der Waals surface area contributed by atoms with E-state index < -0.39 is 10.1 Å². The summed E-state index contributed by atoms with van der Waals surface area (Å²) in [7, 11) is -2.64. The van der Waals surface area contributed by atoms with Crippen molar-refractivity contribution in [1.82, 2.24) is 0 Å². The fourth-order valence-corrected chi connectivity index (χ4v) is 4.39. The van der Waals surface area contributed by atoms with E-state index in [2.05, 4.69) is 6.07 Å². The highest BCUT2D eigenvalue weighted by molar-refractivity contribution is 7.85. The molecule has 0 aliphatic rings. The second-order valence-corrected chi connectivity index (χ2v) is 8.19. The fourth-order valence-electron chi connectivity index (χ4n) is 3.48. The van der Waals surface area contributed by atoms with Crippen LogP contribution in [-0.2, 0) is 10.1 Å². The van der Waals surface area contributed by atoms with Crippen molar-refractivity contribution in [2.45, 2.75) is 39.5 Å². The minimum Gasteiger partial charge on any atom is -0.744 e. The average molecular weight is 403 g/mol. The highest BCUT2D eigenvalue weighted by atomic mass is 32.2. The predicted octanol–water partition coefficient (Wildman–Crippen LogP) is 2.98. The summed E-state index contributed by atoms with van der Waals surface area (Å²) >= 11 is 0. The number of methoxy groups -OCH3 is 1. The van der Waals surface area contributed by atoms with Gasteiger partial charge >= 0.3 is 0 Å². The summed E-state index contributed by atoms with van der Waals surface area (Å²) in [5, 5.41) is 2.27. The summed E-state index contributed by atoms with van der Waals surface area (Å²) in [4.78, 5) is -0.0851. The van der Waals surface area contributed by atoms with Gasteiger partial charge in [0, 0.05) is 17.9 Å². The maximum atomic E-state index is 10.8. The summed E-state index contributed by atoms with van der Waals surface area (Å²) in [5.41, 5.74) is 4.16. The summed E-state index contributed by atoms with van der Waals surface area (Å²) < 4.78 is 39.5. The van der Waals surface area contributed by atoms with Crippen molar-refractivity contribution >= 4 is 20.9 Å². The smallest absolute Gasteiger partial charge is 0.216 e. The van der Waals surface area contributed by atoms with E-state index in [0.29, 0.717) is 11.1 Å². The number of pyridine rings is 1. The molecule has 2 aromatic carbocycles. The van der Waals surface area contributed by atoms with Crippen molar-refractivity contribution in [3.05, 3.63) is 64.5 Å². The van der Waals surface area contributed by atoms with Crippen LogP contribution in [-0.4, -0.2) is 20.1 Å². The minimum absolute atomic E-state index is 0.0851. The molecule has 0 saturated carbocycles. The summed E-state index contributed by atoms with van der Waals surface area (Å²) in [6.07, 6.45) is 1.92. The van der Waals surface area contributed by atoms with Gasteiger partial charge in [0.25, 0.3) is 0 Å². The SMILES string of the molecule is COc1cccc2c(C)[n+](N)cc(C)c12.Cc1cc(C)c(S(=O)(=O)[O-])c(C)c1. The van der Waals surface area contributed by atoms with E-state index in [4.69, 9.17) is 10.6 Å². The van der Waals surface area contributed by atoms with Crippen LogP contribution in [0.5, 0.6) is 5.75 Å². The van der Waals surface area contributed by atoms with Gasteiger partial charge in [0.1, 0.15) is 15.9 Å². The normalized spacial score (nSPS) is 11.1. The zero-order valence-electron chi connectivity index (χ0n) is 17.0. The third kappa shape index (κ3) is 4.43. The van der Waals surface area contributed by atoms with Gasteiger partial charge in [-0.15, -0.1) is 0 Å². The van der Waals surface area contributed by atoms with Crippen LogP contribution in [0.1, 0.15) is 27.9 Å². The van der Waals surface area contributed by atoms with Gasteiger partial charge < -0.3 is 9.29 Å². The first-order chi connectivity index (χ1) is 13.0. The second kappa shape index (κ2) is 8.16. The Morgan fingerprint density at radius 3 is 2.07 bits per heavy atom. The van der Waals surface area contributed by atoms with Gasteiger partial charge in [-0.1, -0.05) is 28.4 Å². The molecule has 6 nitrogen and oxygen atoms in total. The Morgan fingerprint density at radius 1 is 1.00 bits per heavy atom. The number of hydrogen-bond donors (Lipinski definition) is 1. The minimum atomic E-state index is -4.33. The number of aryl methyl sites for hydroxylation is 5. The Bertz CT molecular complexity index is 1120. The monoisotopic (exact) mass is 402 g/mol. The highest BCUT2D eigenvalue weighted by Crippen LogP contribution is 2.28. The molecule has 0 amide bonds. The molecule has 0 spiro atoms. The third-order valence-electron chi connectivity index (χ3n) is 4.60. The lowest BCUT2D eigenvalue weighted by Crippen LogP contribution is -2.47. The Kier molecular flexibility index (Phi) is 6.31. The average Bonchev–Trinajstić information content (AvgIpc) is 2.57. The quantitative estimate of drug-likeness (QED) is 0.404. The molecule has 1 heterocycles. The molecule has 0 fully saturated rings. The van der Waals surface area contributed by atoms with Crippen LogP contribution in [0, 0.1) is 34.6 Å². The van der Waals surface area contributed by atoms with E-state index in [1.54, 1.807) is 37.8 Å². The number of hydrogen-bond acceptors (Lipinski definition) is 5. The Labute approximate surface area is 166 Å². The van der Waals surface area contributed by atoms with Crippen LogP contribution in [0.25, 0.3) is 10.8 Å². The first-order valence-electron chi connectivity index (χ1n) is 8.74. The molecular formula is C21H26N2O4S. The van der Waals surface area contributed by atoms with Crippen LogP contribution < -0.4 is 15.3 Å². The number of ether oxygens (including phenoxy) is 1. The van der Waals surface area contributed by atoms with Gasteiger partial charge in [0.2, 0.25) is 11.9 Å². The largest absolute Gasteiger partial charge is 0.744 e. The summed E-state index contributed by atoms with van der Waals surface area (Å²) in [6.45, 7) is 9.16.